The van der Waals surface area contributed by atoms with E-state index in [2.05, 4.69) is 15.5 Å². The van der Waals surface area contributed by atoms with Crippen LogP contribution in [-0.2, 0) is 21.4 Å². The lowest BCUT2D eigenvalue weighted by Crippen LogP contribution is -2.47. The van der Waals surface area contributed by atoms with Crippen LogP contribution in [0.4, 0.5) is 10.1 Å². The Bertz CT molecular complexity index is 1150. The number of carbonyl (C=O) groups excluding carboxylic acids is 1. The van der Waals surface area contributed by atoms with Gasteiger partial charge in [-0.2, -0.15) is 4.98 Å². The van der Waals surface area contributed by atoms with Gasteiger partial charge in [0, 0.05) is 5.56 Å². The van der Waals surface area contributed by atoms with E-state index in [0.29, 0.717) is 5.82 Å². The first-order valence-corrected chi connectivity index (χ1v) is 10.9. The predicted octanol–water partition coefficient (Wildman–Crippen LogP) is 2.66. The molecule has 0 saturated carbocycles. The second-order valence-electron chi connectivity index (χ2n) is 6.81. The summed E-state index contributed by atoms with van der Waals surface area (Å²) in [6.07, 6.45) is 0.978. The third-order valence-electron chi connectivity index (χ3n) is 4.33. The number of anilines is 1. The van der Waals surface area contributed by atoms with E-state index in [1.165, 1.54) is 19.1 Å². The van der Waals surface area contributed by atoms with Crippen LogP contribution >= 0.6 is 0 Å². The van der Waals surface area contributed by atoms with E-state index in [0.717, 1.165) is 33.8 Å². The molecule has 2 aromatic carbocycles. The molecule has 30 heavy (non-hydrogen) atoms. The quantitative estimate of drug-likeness (QED) is 0.615. The summed E-state index contributed by atoms with van der Waals surface area (Å²) in [7, 11) is -3.80. The molecular formula is C20H21FN4O4S. The van der Waals surface area contributed by atoms with Crippen LogP contribution in [0.1, 0.15) is 18.4 Å². The van der Waals surface area contributed by atoms with Gasteiger partial charge in [-0.25, -0.2) is 12.8 Å². The average molecular weight is 432 g/mol. The first-order chi connectivity index (χ1) is 14.1. The Hall–Kier alpha value is -3.27. The van der Waals surface area contributed by atoms with Crippen molar-refractivity contribution < 1.29 is 22.1 Å². The highest BCUT2D eigenvalue weighted by Crippen LogP contribution is 2.21. The fourth-order valence-electron chi connectivity index (χ4n) is 2.94. The molecule has 0 bridgehead atoms. The van der Waals surface area contributed by atoms with E-state index < -0.39 is 27.8 Å². The first kappa shape index (κ1) is 21.4. The zero-order valence-electron chi connectivity index (χ0n) is 16.7. The van der Waals surface area contributed by atoms with Crippen molar-refractivity contribution >= 4 is 21.6 Å². The number of amides is 1. The number of hydrogen-bond acceptors (Lipinski definition) is 6. The van der Waals surface area contributed by atoms with Gasteiger partial charge in [0.05, 0.1) is 18.5 Å². The molecule has 1 heterocycles. The van der Waals surface area contributed by atoms with Crippen molar-refractivity contribution in [2.45, 2.75) is 26.4 Å². The topological polar surface area (TPSA) is 105 Å². The summed E-state index contributed by atoms with van der Waals surface area (Å²) in [6, 6.07) is 11.3. The van der Waals surface area contributed by atoms with E-state index in [1.807, 2.05) is 31.2 Å². The van der Waals surface area contributed by atoms with Gasteiger partial charge in [-0.1, -0.05) is 28.9 Å². The number of nitrogens with zero attached hydrogens (tertiary/aromatic N) is 3. The summed E-state index contributed by atoms with van der Waals surface area (Å²) in [6.45, 7) is 3.31. The van der Waals surface area contributed by atoms with E-state index >= 15 is 0 Å². The van der Waals surface area contributed by atoms with Gasteiger partial charge < -0.3 is 9.84 Å². The summed E-state index contributed by atoms with van der Waals surface area (Å²) in [5.41, 5.74) is 2.01. The molecule has 0 saturated heterocycles. The summed E-state index contributed by atoms with van der Waals surface area (Å²) >= 11 is 0. The smallest absolute Gasteiger partial charge is 0.246 e. The molecule has 1 amide bonds. The number of hydrogen-bond donors (Lipinski definition) is 1. The highest BCUT2D eigenvalue weighted by Gasteiger charge is 2.29. The molecule has 158 valence electrons. The second kappa shape index (κ2) is 8.62. The van der Waals surface area contributed by atoms with Gasteiger partial charge in [-0.05, 0) is 44.2 Å². The number of rotatable bonds is 7. The molecule has 8 nitrogen and oxygen atoms in total. The lowest BCUT2D eigenvalue weighted by atomic mass is 10.1. The Labute approximate surface area is 173 Å². The molecule has 1 N–H and O–H groups in total. The SMILES string of the molecule is Cc1cccc(-c2noc(CNC(=O)[C@H](C)N(c3ccc(F)cc3)S(C)(=O)=O)n2)c1. The predicted molar refractivity (Wildman–Crippen MR) is 110 cm³/mol. The van der Waals surface area contributed by atoms with Crippen LogP contribution in [0.2, 0.25) is 0 Å². The van der Waals surface area contributed by atoms with Crippen molar-refractivity contribution in [1.82, 2.24) is 15.5 Å². The fourth-order valence-corrected chi connectivity index (χ4v) is 4.11. The maximum absolute atomic E-state index is 13.2. The van der Waals surface area contributed by atoms with Crippen LogP contribution < -0.4 is 9.62 Å². The van der Waals surface area contributed by atoms with Gasteiger partial charge in [0.15, 0.2) is 0 Å². The molecule has 10 heteroatoms. The number of carbonyl (C=O) groups is 1. The van der Waals surface area contributed by atoms with E-state index in [9.17, 15) is 17.6 Å². The number of benzene rings is 2. The average Bonchev–Trinajstić information content (AvgIpc) is 3.16. The third kappa shape index (κ3) is 5.01. The summed E-state index contributed by atoms with van der Waals surface area (Å²) < 4.78 is 43.8. The second-order valence-corrected chi connectivity index (χ2v) is 8.67. The Morgan fingerprint density at radius 2 is 1.93 bits per heavy atom. The van der Waals surface area contributed by atoms with Gasteiger partial charge in [-0.15, -0.1) is 0 Å². The molecule has 0 spiro atoms. The molecule has 0 unspecified atom stereocenters. The first-order valence-electron chi connectivity index (χ1n) is 9.07. The van der Waals surface area contributed by atoms with Gasteiger partial charge in [0.1, 0.15) is 11.9 Å². The highest BCUT2D eigenvalue weighted by molar-refractivity contribution is 7.92. The zero-order chi connectivity index (χ0) is 21.9. The van der Waals surface area contributed by atoms with Gasteiger partial charge in [-0.3, -0.25) is 9.10 Å². The number of sulfonamides is 1. The zero-order valence-corrected chi connectivity index (χ0v) is 17.5. The fraction of sp³-hybridized carbons (Fsp3) is 0.250. The minimum Gasteiger partial charge on any atom is -0.345 e. The number of aromatic nitrogens is 2. The summed E-state index contributed by atoms with van der Waals surface area (Å²) in [5.74, 6) is -0.509. The minimum atomic E-state index is -3.80. The normalized spacial score (nSPS) is 12.4. The Morgan fingerprint density at radius 1 is 1.23 bits per heavy atom. The summed E-state index contributed by atoms with van der Waals surface area (Å²) in [4.78, 5) is 16.8. The van der Waals surface area contributed by atoms with Crippen molar-refractivity contribution in [1.29, 1.82) is 0 Å². The van der Waals surface area contributed by atoms with Crippen LogP contribution in [-0.4, -0.2) is 36.8 Å². The largest absolute Gasteiger partial charge is 0.345 e. The van der Waals surface area contributed by atoms with Crippen LogP contribution in [0.25, 0.3) is 11.4 Å². The van der Waals surface area contributed by atoms with E-state index in [-0.39, 0.29) is 18.1 Å². The Kier molecular flexibility index (Phi) is 6.16. The number of halogens is 1. The maximum Gasteiger partial charge on any atom is 0.246 e. The van der Waals surface area contributed by atoms with Gasteiger partial charge in [0.2, 0.25) is 27.6 Å². The van der Waals surface area contributed by atoms with Crippen LogP contribution in [0, 0.1) is 12.7 Å². The number of nitrogens with one attached hydrogen (secondary N) is 1. The Morgan fingerprint density at radius 3 is 2.57 bits per heavy atom. The third-order valence-corrected chi connectivity index (χ3v) is 5.57. The number of aryl methyl sites for hydroxylation is 1. The van der Waals surface area contributed by atoms with Crippen molar-refractivity contribution in [2.24, 2.45) is 0 Å². The Balaban J connectivity index is 1.71. The molecule has 0 fully saturated rings. The van der Waals surface area contributed by atoms with Crippen molar-refractivity contribution in [2.75, 3.05) is 10.6 Å². The van der Waals surface area contributed by atoms with Gasteiger partial charge in [0.25, 0.3) is 0 Å². The molecule has 0 radical (unpaired) electrons. The molecule has 0 aliphatic heterocycles. The maximum atomic E-state index is 13.2. The lowest BCUT2D eigenvalue weighted by Gasteiger charge is -2.28. The standard InChI is InChI=1S/C20H21FN4O4S/c1-13-5-4-6-15(11-13)19-23-18(29-24-19)12-22-20(26)14(2)25(30(3,27)28)17-9-7-16(21)8-10-17/h4-11,14H,12H2,1-3H3,(H,22,26)/t14-/m0/s1. The van der Waals surface area contributed by atoms with Crippen molar-refractivity contribution in [3.05, 3.63) is 65.8 Å². The van der Waals surface area contributed by atoms with Crippen LogP contribution in [0.15, 0.2) is 53.1 Å². The molecule has 0 aliphatic carbocycles. The molecule has 1 atom stereocenters. The van der Waals surface area contributed by atoms with Crippen molar-refractivity contribution in [3.8, 4) is 11.4 Å². The molecule has 0 aliphatic rings. The summed E-state index contributed by atoms with van der Waals surface area (Å²) in [5, 5.41) is 6.49. The molecule has 1 aromatic heterocycles. The minimum absolute atomic E-state index is 0.0665. The molecule has 3 aromatic rings. The van der Waals surface area contributed by atoms with E-state index in [4.69, 9.17) is 4.52 Å². The monoisotopic (exact) mass is 432 g/mol. The van der Waals surface area contributed by atoms with Gasteiger partial charge >= 0.3 is 0 Å². The van der Waals surface area contributed by atoms with Crippen LogP contribution in [0.5, 0.6) is 0 Å². The van der Waals surface area contributed by atoms with E-state index in [1.54, 1.807) is 0 Å². The molecule has 3 rings (SSSR count). The molecular weight excluding hydrogens is 411 g/mol. The highest BCUT2D eigenvalue weighted by atomic mass is 32.2. The lowest BCUT2D eigenvalue weighted by molar-refractivity contribution is -0.122. The van der Waals surface area contributed by atoms with Crippen LogP contribution in [0.3, 0.4) is 0 Å². The van der Waals surface area contributed by atoms with Crippen molar-refractivity contribution in [3.63, 3.8) is 0 Å².